The lowest BCUT2D eigenvalue weighted by molar-refractivity contribution is -0.152. The molecule has 4 nitrogen and oxygen atoms in total. The van der Waals surface area contributed by atoms with E-state index in [9.17, 15) is 14.7 Å². The van der Waals surface area contributed by atoms with E-state index >= 15 is 0 Å². The highest BCUT2D eigenvalue weighted by molar-refractivity contribution is 5.90. The van der Waals surface area contributed by atoms with Gasteiger partial charge in [0.15, 0.2) is 6.10 Å². The normalized spacial score (nSPS) is 11.4. The third kappa shape index (κ3) is 3.87. The number of carbonyl (C=O) groups excluding carboxylic acids is 2. The Labute approximate surface area is 99.5 Å². The summed E-state index contributed by atoms with van der Waals surface area (Å²) in [6, 6.07) is 8.79. The first-order valence-electron chi connectivity index (χ1n) is 5.33. The zero-order valence-corrected chi connectivity index (χ0v) is 9.55. The molecule has 0 aromatic heterocycles. The summed E-state index contributed by atoms with van der Waals surface area (Å²) in [7, 11) is 0. The van der Waals surface area contributed by atoms with Gasteiger partial charge in [-0.3, -0.25) is 0 Å². The number of aliphatic hydroxyl groups is 1. The van der Waals surface area contributed by atoms with Crippen molar-refractivity contribution in [2.75, 3.05) is 6.61 Å². The zero-order chi connectivity index (χ0) is 12.7. The first-order valence-corrected chi connectivity index (χ1v) is 5.33. The lowest BCUT2D eigenvalue weighted by Crippen LogP contribution is -2.23. The van der Waals surface area contributed by atoms with Crippen molar-refractivity contribution < 1.29 is 19.4 Å². The van der Waals surface area contributed by atoms with Gasteiger partial charge in [0.25, 0.3) is 0 Å². The molecule has 0 spiro atoms. The van der Waals surface area contributed by atoms with Gasteiger partial charge >= 0.3 is 5.97 Å². The molecule has 4 heteroatoms. The van der Waals surface area contributed by atoms with Crippen LogP contribution in [0.4, 0.5) is 0 Å². The summed E-state index contributed by atoms with van der Waals surface area (Å²) in [6.45, 7) is 1.85. The minimum absolute atomic E-state index is 0.0909. The van der Waals surface area contributed by atoms with Crippen molar-refractivity contribution in [3.05, 3.63) is 35.9 Å². The number of ether oxygens (including phenoxy) is 1. The fourth-order valence-electron chi connectivity index (χ4n) is 1.37. The van der Waals surface area contributed by atoms with Crippen molar-refractivity contribution in [2.24, 2.45) is 0 Å². The molecule has 1 N–H and O–H groups in total. The molecule has 90 valence electrons. The van der Waals surface area contributed by atoms with Crippen LogP contribution in [0.2, 0.25) is 0 Å². The molecule has 0 saturated carbocycles. The maximum Gasteiger partial charge on any atom is 0.335 e. The SMILES string of the molecule is CCOC(=O)C(O)CC(=C=O)c1ccccc1. The highest BCUT2D eigenvalue weighted by Crippen LogP contribution is 2.17. The first kappa shape index (κ1) is 13.2. The van der Waals surface area contributed by atoms with Crippen LogP contribution in [0.3, 0.4) is 0 Å². The number of benzene rings is 1. The zero-order valence-electron chi connectivity index (χ0n) is 9.55. The average Bonchev–Trinajstić information content (AvgIpc) is 2.37. The van der Waals surface area contributed by atoms with Gasteiger partial charge in [-0.1, -0.05) is 30.3 Å². The molecule has 1 unspecified atom stereocenters. The van der Waals surface area contributed by atoms with E-state index in [0.29, 0.717) is 5.56 Å². The standard InChI is InChI=1S/C13H14O4/c1-2-17-13(16)12(15)8-11(9-14)10-6-4-3-5-7-10/h3-7,12,15H,2,8H2,1H3. The van der Waals surface area contributed by atoms with Crippen LogP contribution >= 0.6 is 0 Å². The lowest BCUT2D eigenvalue weighted by atomic mass is 10.0. The minimum atomic E-state index is -1.33. The Morgan fingerprint density at radius 2 is 2.06 bits per heavy atom. The second kappa shape index (κ2) is 6.63. The Balaban J connectivity index is 2.73. The third-order valence-electron chi connectivity index (χ3n) is 2.20. The lowest BCUT2D eigenvalue weighted by Gasteiger charge is -2.10. The molecule has 0 aliphatic carbocycles. The molecule has 0 aliphatic heterocycles. The smallest absolute Gasteiger partial charge is 0.335 e. The van der Waals surface area contributed by atoms with E-state index < -0.39 is 12.1 Å². The minimum Gasteiger partial charge on any atom is -0.464 e. The van der Waals surface area contributed by atoms with Crippen molar-refractivity contribution in [2.45, 2.75) is 19.4 Å². The van der Waals surface area contributed by atoms with Crippen LogP contribution in [0.25, 0.3) is 5.57 Å². The number of hydrogen-bond donors (Lipinski definition) is 1. The summed E-state index contributed by atoms with van der Waals surface area (Å²) in [5.74, 6) is 1.02. The summed E-state index contributed by atoms with van der Waals surface area (Å²) in [5.41, 5.74) is 0.900. The largest absolute Gasteiger partial charge is 0.464 e. The molecular weight excluding hydrogens is 220 g/mol. The van der Waals surface area contributed by atoms with E-state index in [-0.39, 0.29) is 18.6 Å². The van der Waals surface area contributed by atoms with Crippen LogP contribution in [0.5, 0.6) is 0 Å². The Morgan fingerprint density at radius 3 is 2.59 bits per heavy atom. The maximum atomic E-state index is 11.2. The van der Waals surface area contributed by atoms with Crippen molar-refractivity contribution in [3.63, 3.8) is 0 Å². The van der Waals surface area contributed by atoms with Crippen LogP contribution < -0.4 is 0 Å². The summed E-state index contributed by atoms with van der Waals surface area (Å²) in [5, 5.41) is 9.54. The molecule has 17 heavy (non-hydrogen) atoms. The molecule has 1 aromatic carbocycles. The van der Waals surface area contributed by atoms with E-state index in [1.807, 2.05) is 6.07 Å². The Morgan fingerprint density at radius 1 is 1.41 bits per heavy atom. The van der Waals surface area contributed by atoms with E-state index in [2.05, 4.69) is 4.74 Å². The summed E-state index contributed by atoms with van der Waals surface area (Å²) >= 11 is 0. The number of esters is 1. The quantitative estimate of drug-likeness (QED) is 0.614. The van der Waals surface area contributed by atoms with Gasteiger partial charge in [0, 0.05) is 12.0 Å². The van der Waals surface area contributed by atoms with Crippen LogP contribution in [0.1, 0.15) is 18.9 Å². The van der Waals surface area contributed by atoms with E-state index in [4.69, 9.17) is 0 Å². The van der Waals surface area contributed by atoms with E-state index in [0.717, 1.165) is 0 Å². The van der Waals surface area contributed by atoms with Gasteiger partial charge in [-0.05, 0) is 12.5 Å². The van der Waals surface area contributed by atoms with Gasteiger partial charge in [0.2, 0.25) is 0 Å². The van der Waals surface area contributed by atoms with E-state index in [1.165, 1.54) is 0 Å². The molecule has 1 aromatic rings. The average molecular weight is 234 g/mol. The van der Waals surface area contributed by atoms with Gasteiger partial charge in [0.1, 0.15) is 5.94 Å². The highest BCUT2D eigenvalue weighted by atomic mass is 16.5. The second-order valence-electron chi connectivity index (χ2n) is 3.42. The summed E-state index contributed by atoms with van der Waals surface area (Å²) in [4.78, 5) is 22.0. The van der Waals surface area contributed by atoms with Crippen LogP contribution in [0.15, 0.2) is 30.3 Å². The van der Waals surface area contributed by atoms with Crippen molar-refractivity contribution >= 4 is 17.5 Å². The molecule has 0 saturated heterocycles. The molecular formula is C13H14O4. The number of rotatable bonds is 5. The molecule has 1 rings (SSSR count). The van der Waals surface area contributed by atoms with Crippen molar-refractivity contribution in [3.8, 4) is 0 Å². The van der Waals surface area contributed by atoms with Crippen molar-refractivity contribution in [1.82, 2.24) is 0 Å². The first-order chi connectivity index (χ1) is 8.19. The third-order valence-corrected chi connectivity index (χ3v) is 2.20. The van der Waals surface area contributed by atoms with Gasteiger partial charge in [-0.15, -0.1) is 0 Å². The molecule has 0 fully saturated rings. The molecule has 0 radical (unpaired) electrons. The van der Waals surface area contributed by atoms with Gasteiger partial charge in [-0.25, -0.2) is 9.59 Å². The highest BCUT2D eigenvalue weighted by Gasteiger charge is 2.19. The van der Waals surface area contributed by atoms with Gasteiger partial charge < -0.3 is 9.84 Å². The summed E-state index contributed by atoms with van der Waals surface area (Å²) in [6.07, 6.45) is -1.42. The second-order valence-corrected chi connectivity index (χ2v) is 3.42. The fraction of sp³-hybridized carbons (Fsp3) is 0.308. The van der Waals surface area contributed by atoms with Crippen LogP contribution in [-0.2, 0) is 14.3 Å². The van der Waals surface area contributed by atoms with Crippen LogP contribution in [-0.4, -0.2) is 29.7 Å². The molecule has 0 heterocycles. The molecule has 0 bridgehead atoms. The predicted octanol–water partition coefficient (Wildman–Crippen LogP) is 1.22. The van der Waals surface area contributed by atoms with E-state index in [1.54, 1.807) is 37.1 Å². The number of aliphatic hydroxyl groups excluding tert-OH is 1. The summed E-state index contributed by atoms with van der Waals surface area (Å²) < 4.78 is 4.65. The Hall–Kier alpha value is -1.90. The number of carbonyl (C=O) groups is 1. The molecule has 1 atom stereocenters. The molecule has 0 aliphatic rings. The molecule has 0 amide bonds. The predicted molar refractivity (Wildman–Crippen MR) is 62.8 cm³/mol. The Bertz CT molecular complexity index is 418. The fourth-order valence-corrected chi connectivity index (χ4v) is 1.37. The van der Waals surface area contributed by atoms with Gasteiger partial charge in [0.05, 0.1) is 6.61 Å². The van der Waals surface area contributed by atoms with Gasteiger partial charge in [-0.2, -0.15) is 0 Å². The number of hydrogen-bond acceptors (Lipinski definition) is 4. The maximum absolute atomic E-state index is 11.2. The monoisotopic (exact) mass is 234 g/mol. The Kier molecular flexibility index (Phi) is 5.14. The van der Waals surface area contributed by atoms with Crippen molar-refractivity contribution in [1.29, 1.82) is 0 Å². The topological polar surface area (TPSA) is 63.6 Å². The van der Waals surface area contributed by atoms with Crippen LogP contribution in [0, 0.1) is 0 Å².